The zero-order chi connectivity index (χ0) is 13.9. The highest BCUT2D eigenvalue weighted by atomic mass is 32.1. The molecule has 3 aromatic rings. The van der Waals surface area contributed by atoms with Gasteiger partial charge in [0.2, 0.25) is 0 Å². The molecule has 0 saturated heterocycles. The van der Waals surface area contributed by atoms with Crippen molar-refractivity contribution in [2.45, 2.75) is 19.5 Å². The monoisotopic (exact) mass is 284 g/mol. The van der Waals surface area contributed by atoms with Crippen molar-refractivity contribution in [3.63, 3.8) is 0 Å². The van der Waals surface area contributed by atoms with E-state index in [-0.39, 0.29) is 6.04 Å². The molecule has 1 unspecified atom stereocenters. The number of nitrogens with zero attached hydrogens (tertiary/aromatic N) is 3. The number of thiazole rings is 1. The zero-order valence-electron chi connectivity index (χ0n) is 11.2. The highest BCUT2D eigenvalue weighted by Gasteiger charge is 2.14. The average molecular weight is 284 g/mol. The fourth-order valence-corrected chi connectivity index (χ4v) is 2.94. The van der Waals surface area contributed by atoms with E-state index in [4.69, 9.17) is 5.73 Å². The normalized spacial score (nSPS) is 12.5. The second-order valence-electron chi connectivity index (χ2n) is 4.72. The molecule has 5 heteroatoms. The highest BCUT2D eigenvalue weighted by Crippen LogP contribution is 2.20. The molecule has 0 saturated carbocycles. The molecule has 0 fully saturated rings. The summed E-state index contributed by atoms with van der Waals surface area (Å²) < 4.78 is 2.07. The highest BCUT2D eigenvalue weighted by molar-refractivity contribution is 7.09. The van der Waals surface area contributed by atoms with E-state index in [1.807, 2.05) is 49.8 Å². The van der Waals surface area contributed by atoms with Gasteiger partial charge in [0.25, 0.3) is 0 Å². The summed E-state index contributed by atoms with van der Waals surface area (Å²) >= 11 is 1.66. The lowest BCUT2D eigenvalue weighted by Crippen LogP contribution is -2.16. The number of aryl methyl sites for hydroxylation is 1. The number of benzene rings is 1. The van der Waals surface area contributed by atoms with Crippen molar-refractivity contribution in [2.75, 3.05) is 0 Å². The van der Waals surface area contributed by atoms with Gasteiger partial charge in [-0.1, -0.05) is 30.3 Å². The molecular formula is C15H16N4S. The molecule has 2 N–H and O–H groups in total. The van der Waals surface area contributed by atoms with Crippen LogP contribution >= 0.6 is 11.3 Å². The van der Waals surface area contributed by atoms with Gasteiger partial charge in [-0.05, 0) is 12.5 Å². The number of aromatic nitrogens is 3. The molecule has 1 atom stereocenters. The second kappa shape index (κ2) is 5.56. The molecule has 0 spiro atoms. The van der Waals surface area contributed by atoms with Gasteiger partial charge in [-0.2, -0.15) is 0 Å². The predicted octanol–water partition coefficient (Wildman–Crippen LogP) is 2.74. The van der Waals surface area contributed by atoms with E-state index in [0.717, 1.165) is 22.0 Å². The van der Waals surface area contributed by atoms with E-state index in [1.54, 1.807) is 11.3 Å². The number of rotatable bonds is 4. The number of hydrogen-bond donors (Lipinski definition) is 1. The van der Waals surface area contributed by atoms with Gasteiger partial charge in [-0.25, -0.2) is 9.97 Å². The first-order valence-electron chi connectivity index (χ1n) is 6.45. The van der Waals surface area contributed by atoms with Crippen LogP contribution in [-0.2, 0) is 6.54 Å². The van der Waals surface area contributed by atoms with Gasteiger partial charge >= 0.3 is 0 Å². The predicted molar refractivity (Wildman–Crippen MR) is 80.7 cm³/mol. The Hall–Kier alpha value is -1.98. The molecule has 3 rings (SSSR count). The van der Waals surface area contributed by atoms with Gasteiger partial charge < -0.3 is 10.3 Å². The Balaban J connectivity index is 1.86. The first kappa shape index (κ1) is 13.0. The van der Waals surface area contributed by atoms with Crippen molar-refractivity contribution in [3.05, 3.63) is 70.2 Å². The Morgan fingerprint density at radius 2 is 2.10 bits per heavy atom. The minimum atomic E-state index is -0.167. The Labute approximate surface area is 121 Å². The first-order valence-corrected chi connectivity index (χ1v) is 7.33. The van der Waals surface area contributed by atoms with Crippen LogP contribution in [0.2, 0.25) is 0 Å². The maximum absolute atomic E-state index is 6.34. The summed E-state index contributed by atoms with van der Waals surface area (Å²) in [5.41, 5.74) is 9.49. The van der Waals surface area contributed by atoms with Crippen molar-refractivity contribution in [3.8, 4) is 0 Å². The lowest BCUT2D eigenvalue weighted by Gasteiger charge is -2.14. The average Bonchev–Trinajstić information content (AvgIpc) is 3.09. The Bertz CT molecular complexity index is 687. The lowest BCUT2D eigenvalue weighted by atomic mass is 10.1. The standard InChI is InChI=1S/C15H16N4S/c1-11-9-20-14(18-11)8-19-10-17-7-13(19)15(16)12-5-3-2-4-6-12/h2-7,9-10,15H,8,16H2,1H3. The van der Waals surface area contributed by atoms with Crippen molar-refractivity contribution in [1.82, 2.24) is 14.5 Å². The van der Waals surface area contributed by atoms with E-state index < -0.39 is 0 Å². The summed E-state index contributed by atoms with van der Waals surface area (Å²) in [6.45, 7) is 2.72. The van der Waals surface area contributed by atoms with Gasteiger partial charge in [-0.3, -0.25) is 0 Å². The van der Waals surface area contributed by atoms with Crippen LogP contribution < -0.4 is 5.73 Å². The zero-order valence-corrected chi connectivity index (χ0v) is 12.0. The molecule has 0 aliphatic rings. The van der Waals surface area contributed by atoms with Crippen LogP contribution in [0.4, 0.5) is 0 Å². The van der Waals surface area contributed by atoms with Crippen molar-refractivity contribution >= 4 is 11.3 Å². The van der Waals surface area contributed by atoms with Gasteiger partial charge in [0.15, 0.2) is 0 Å². The third kappa shape index (κ3) is 2.64. The van der Waals surface area contributed by atoms with Crippen LogP contribution in [-0.4, -0.2) is 14.5 Å². The first-order chi connectivity index (χ1) is 9.74. The fourth-order valence-electron chi connectivity index (χ4n) is 2.17. The Morgan fingerprint density at radius 3 is 2.80 bits per heavy atom. The largest absolute Gasteiger partial charge is 0.326 e. The minimum absolute atomic E-state index is 0.167. The summed E-state index contributed by atoms with van der Waals surface area (Å²) in [7, 11) is 0. The van der Waals surface area contributed by atoms with Crippen molar-refractivity contribution in [1.29, 1.82) is 0 Å². The summed E-state index contributed by atoms with van der Waals surface area (Å²) in [6.07, 6.45) is 3.65. The molecule has 20 heavy (non-hydrogen) atoms. The molecule has 0 aliphatic heterocycles. The fraction of sp³-hybridized carbons (Fsp3) is 0.200. The molecule has 0 radical (unpaired) electrons. The molecule has 2 aromatic heterocycles. The van der Waals surface area contributed by atoms with Crippen LogP contribution in [0, 0.1) is 6.92 Å². The maximum atomic E-state index is 6.34. The molecular weight excluding hydrogens is 268 g/mol. The SMILES string of the molecule is Cc1csc(Cn2cncc2C(N)c2ccccc2)n1. The van der Waals surface area contributed by atoms with Crippen molar-refractivity contribution < 1.29 is 0 Å². The van der Waals surface area contributed by atoms with Gasteiger partial charge in [0.1, 0.15) is 5.01 Å². The van der Waals surface area contributed by atoms with E-state index >= 15 is 0 Å². The number of nitrogens with two attached hydrogens (primary N) is 1. The lowest BCUT2D eigenvalue weighted by molar-refractivity contribution is 0.692. The van der Waals surface area contributed by atoms with Gasteiger partial charge in [0, 0.05) is 11.1 Å². The molecule has 1 aromatic carbocycles. The van der Waals surface area contributed by atoms with E-state index in [1.165, 1.54) is 0 Å². The summed E-state index contributed by atoms with van der Waals surface area (Å²) in [6, 6.07) is 9.90. The number of hydrogen-bond acceptors (Lipinski definition) is 4. The van der Waals surface area contributed by atoms with Gasteiger partial charge in [-0.15, -0.1) is 11.3 Å². The third-order valence-electron chi connectivity index (χ3n) is 3.19. The summed E-state index contributed by atoms with van der Waals surface area (Å²) in [5, 5.41) is 3.13. The Kier molecular flexibility index (Phi) is 3.62. The van der Waals surface area contributed by atoms with E-state index in [9.17, 15) is 0 Å². The maximum Gasteiger partial charge on any atom is 0.113 e. The van der Waals surface area contributed by atoms with Crippen molar-refractivity contribution in [2.24, 2.45) is 5.73 Å². The topological polar surface area (TPSA) is 56.7 Å². The van der Waals surface area contributed by atoms with E-state index in [2.05, 4.69) is 19.9 Å². The molecule has 102 valence electrons. The molecule has 0 aliphatic carbocycles. The van der Waals surface area contributed by atoms with Crippen LogP contribution in [0.15, 0.2) is 48.2 Å². The summed E-state index contributed by atoms with van der Waals surface area (Å²) in [4.78, 5) is 8.72. The van der Waals surface area contributed by atoms with Crippen LogP contribution in [0.5, 0.6) is 0 Å². The van der Waals surface area contributed by atoms with E-state index in [0.29, 0.717) is 6.54 Å². The van der Waals surface area contributed by atoms with Crippen LogP contribution in [0.1, 0.15) is 28.0 Å². The Morgan fingerprint density at radius 1 is 1.30 bits per heavy atom. The van der Waals surface area contributed by atoms with Crippen LogP contribution in [0.3, 0.4) is 0 Å². The quantitative estimate of drug-likeness (QED) is 0.801. The molecule has 0 amide bonds. The van der Waals surface area contributed by atoms with Crippen LogP contribution in [0.25, 0.3) is 0 Å². The molecule has 4 nitrogen and oxygen atoms in total. The molecule has 0 bridgehead atoms. The summed E-state index contributed by atoms with van der Waals surface area (Å²) in [5.74, 6) is 0. The molecule has 2 heterocycles. The number of imidazole rings is 1. The second-order valence-corrected chi connectivity index (χ2v) is 5.66. The van der Waals surface area contributed by atoms with Gasteiger partial charge in [0.05, 0.1) is 30.8 Å². The minimum Gasteiger partial charge on any atom is -0.326 e. The third-order valence-corrected chi connectivity index (χ3v) is 4.15. The smallest absolute Gasteiger partial charge is 0.113 e.